The molecule has 0 unspecified atom stereocenters. The first-order valence-corrected chi connectivity index (χ1v) is 11.9. The van der Waals surface area contributed by atoms with Crippen LogP contribution in [-0.4, -0.2) is 50.4 Å². The number of ether oxygens (including phenoxy) is 2. The molecule has 1 N–H and O–H groups in total. The number of nitrogens with one attached hydrogen (secondary N) is 1. The Bertz CT molecular complexity index is 1470. The van der Waals surface area contributed by atoms with Crippen molar-refractivity contribution < 1.29 is 27.4 Å². The van der Waals surface area contributed by atoms with Crippen LogP contribution in [0.2, 0.25) is 0 Å². The molecule has 0 bridgehead atoms. The van der Waals surface area contributed by atoms with Gasteiger partial charge in [0, 0.05) is 38.5 Å². The van der Waals surface area contributed by atoms with Crippen molar-refractivity contribution in [1.82, 2.24) is 24.5 Å². The zero-order chi connectivity index (χ0) is 26.4. The first-order chi connectivity index (χ1) is 18.3. The molecule has 196 valence electrons. The van der Waals surface area contributed by atoms with Crippen molar-refractivity contribution >= 4 is 11.7 Å². The van der Waals surface area contributed by atoms with Crippen LogP contribution in [0.15, 0.2) is 67.0 Å². The van der Waals surface area contributed by atoms with E-state index < -0.39 is 24.2 Å². The number of nitrogens with zero attached hydrogens (tertiary/aromatic N) is 5. The third-order valence-corrected chi connectivity index (χ3v) is 6.68. The topological polar surface area (TPSA) is 86.4 Å². The SMILES string of the molecule is CN(Cc1ccc(-n2cccn2)cc1)C(=O)c1cc2n(n1)[C@H](C(F)(F)F)C[C@@H](c1ccc3c(c1)OCO3)N2. The summed E-state index contributed by atoms with van der Waals surface area (Å²) in [6, 6.07) is 13.2. The van der Waals surface area contributed by atoms with Gasteiger partial charge in [-0.25, -0.2) is 9.36 Å². The van der Waals surface area contributed by atoms with Crippen LogP contribution in [0.3, 0.4) is 0 Å². The minimum absolute atomic E-state index is 0.0660. The van der Waals surface area contributed by atoms with Crippen molar-refractivity contribution in [3.63, 3.8) is 0 Å². The highest BCUT2D eigenvalue weighted by atomic mass is 19.4. The quantitative estimate of drug-likeness (QED) is 0.406. The zero-order valence-corrected chi connectivity index (χ0v) is 20.2. The van der Waals surface area contributed by atoms with E-state index in [2.05, 4.69) is 15.5 Å². The molecule has 2 aromatic heterocycles. The Morgan fingerprint density at radius 2 is 1.92 bits per heavy atom. The molecule has 1 amide bonds. The molecule has 0 radical (unpaired) electrons. The highest BCUT2D eigenvalue weighted by Crippen LogP contribution is 2.45. The van der Waals surface area contributed by atoms with Gasteiger partial charge >= 0.3 is 6.18 Å². The minimum Gasteiger partial charge on any atom is -0.454 e. The maximum absolute atomic E-state index is 14.1. The molecule has 4 heterocycles. The van der Waals surface area contributed by atoms with Crippen LogP contribution in [0.1, 0.15) is 40.1 Å². The number of hydrogen-bond donors (Lipinski definition) is 1. The molecule has 2 atom stereocenters. The molecule has 2 aromatic carbocycles. The summed E-state index contributed by atoms with van der Waals surface area (Å²) in [5.74, 6) is 0.683. The standard InChI is InChI=1S/C26H23F3N6O3/c1-33(14-16-3-6-18(7-4-16)34-10-2-9-30-34)25(36)20-13-24-31-19(12-23(26(27,28)29)35(24)32-20)17-5-8-21-22(11-17)38-15-37-21/h2-11,13,19,23,31H,12,14-15H2,1H3/t19-,23-/m0/s1. The number of carbonyl (C=O) groups excluding carboxylic acids is 1. The smallest absolute Gasteiger partial charge is 0.410 e. The first-order valence-electron chi connectivity index (χ1n) is 11.9. The van der Waals surface area contributed by atoms with Crippen LogP contribution in [0.5, 0.6) is 11.5 Å². The molecule has 2 aliphatic heterocycles. The van der Waals surface area contributed by atoms with Gasteiger partial charge in [-0.15, -0.1) is 0 Å². The second-order valence-corrected chi connectivity index (χ2v) is 9.24. The molecule has 0 aliphatic carbocycles. The van der Waals surface area contributed by atoms with E-state index in [-0.39, 0.29) is 31.3 Å². The largest absolute Gasteiger partial charge is 0.454 e. The van der Waals surface area contributed by atoms with E-state index in [1.165, 1.54) is 11.0 Å². The third kappa shape index (κ3) is 4.42. The average molecular weight is 525 g/mol. The van der Waals surface area contributed by atoms with Gasteiger partial charge < -0.3 is 19.7 Å². The summed E-state index contributed by atoms with van der Waals surface area (Å²) in [5, 5.41) is 11.4. The number of anilines is 1. The van der Waals surface area contributed by atoms with Gasteiger partial charge in [-0.05, 0) is 41.5 Å². The molecule has 12 heteroatoms. The van der Waals surface area contributed by atoms with Crippen molar-refractivity contribution in [1.29, 1.82) is 0 Å². The fourth-order valence-electron chi connectivity index (χ4n) is 4.74. The second-order valence-electron chi connectivity index (χ2n) is 9.24. The number of alkyl halides is 3. The highest BCUT2D eigenvalue weighted by Gasteiger charge is 2.47. The Kier molecular flexibility index (Phi) is 5.73. The van der Waals surface area contributed by atoms with E-state index >= 15 is 0 Å². The lowest BCUT2D eigenvalue weighted by Crippen LogP contribution is -2.35. The van der Waals surface area contributed by atoms with Crippen LogP contribution in [0.25, 0.3) is 5.69 Å². The van der Waals surface area contributed by atoms with Gasteiger partial charge in [-0.3, -0.25) is 4.79 Å². The van der Waals surface area contributed by atoms with E-state index in [9.17, 15) is 18.0 Å². The van der Waals surface area contributed by atoms with Crippen molar-refractivity contribution in [3.8, 4) is 17.2 Å². The summed E-state index contributed by atoms with van der Waals surface area (Å²) in [7, 11) is 1.59. The van der Waals surface area contributed by atoms with E-state index in [0.29, 0.717) is 17.1 Å². The third-order valence-electron chi connectivity index (χ3n) is 6.68. The fourth-order valence-corrected chi connectivity index (χ4v) is 4.74. The number of aromatic nitrogens is 4. The maximum atomic E-state index is 14.1. The number of halogens is 3. The molecule has 0 saturated heterocycles. The maximum Gasteiger partial charge on any atom is 0.410 e. The van der Waals surface area contributed by atoms with Crippen LogP contribution in [0, 0.1) is 0 Å². The molecule has 9 nitrogen and oxygen atoms in total. The number of amides is 1. The Labute approximate surface area is 215 Å². The summed E-state index contributed by atoms with van der Waals surface area (Å²) < 4.78 is 55.5. The molecular weight excluding hydrogens is 501 g/mol. The monoisotopic (exact) mass is 524 g/mol. The van der Waals surface area contributed by atoms with E-state index in [1.807, 2.05) is 36.5 Å². The number of carbonyl (C=O) groups is 1. The Morgan fingerprint density at radius 1 is 1.13 bits per heavy atom. The summed E-state index contributed by atoms with van der Waals surface area (Å²) in [6.45, 7) is 0.332. The normalized spacial score (nSPS) is 18.1. The summed E-state index contributed by atoms with van der Waals surface area (Å²) in [6.07, 6.45) is -1.34. The van der Waals surface area contributed by atoms with Crippen LogP contribution >= 0.6 is 0 Å². The lowest BCUT2D eigenvalue weighted by Gasteiger charge is -2.33. The van der Waals surface area contributed by atoms with E-state index in [4.69, 9.17) is 9.47 Å². The summed E-state index contributed by atoms with van der Waals surface area (Å²) in [4.78, 5) is 14.6. The number of fused-ring (bicyclic) bond motifs is 2. The summed E-state index contributed by atoms with van der Waals surface area (Å²) in [5.41, 5.74) is 2.29. The van der Waals surface area contributed by atoms with Crippen molar-refractivity contribution in [2.75, 3.05) is 19.2 Å². The predicted octanol–water partition coefficient (Wildman–Crippen LogP) is 4.73. The van der Waals surface area contributed by atoms with Crippen molar-refractivity contribution in [2.45, 2.75) is 31.2 Å². The summed E-state index contributed by atoms with van der Waals surface area (Å²) >= 11 is 0. The highest BCUT2D eigenvalue weighted by molar-refractivity contribution is 5.93. The predicted molar refractivity (Wildman–Crippen MR) is 130 cm³/mol. The van der Waals surface area contributed by atoms with Crippen molar-refractivity contribution in [3.05, 3.63) is 83.8 Å². The van der Waals surface area contributed by atoms with Gasteiger partial charge in [0.1, 0.15) is 5.82 Å². The Balaban J connectivity index is 1.22. The fraction of sp³-hybridized carbons (Fsp3) is 0.269. The minimum atomic E-state index is -4.56. The molecule has 6 rings (SSSR count). The molecule has 0 fully saturated rings. The van der Waals surface area contributed by atoms with Crippen LogP contribution in [0.4, 0.5) is 19.0 Å². The lowest BCUT2D eigenvalue weighted by atomic mass is 9.96. The van der Waals surface area contributed by atoms with Gasteiger partial charge in [-0.1, -0.05) is 18.2 Å². The molecular formula is C26H23F3N6O3. The average Bonchev–Trinajstić information content (AvgIpc) is 3.67. The van der Waals surface area contributed by atoms with E-state index in [1.54, 1.807) is 36.1 Å². The van der Waals surface area contributed by atoms with Gasteiger partial charge in [-0.2, -0.15) is 23.4 Å². The second kappa shape index (κ2) is 9.12. The zero-order valence-electron chi connectivity index (χ0n) is 20.2. The molecule has 4 aromatic rings. The molecule has 2 aliphatic rings. The lowest BCUT2D eigenvalue weighted by molar-refractivity contribution is -0.173. The molecule has 0 spiro atoms. The first kappa shape index (κ1) is 23.9. The van der Waals surface area contributed by atoms with Gasteiger partial charge in [0.2, 0.25) is 6.79 Å². The molecule has 38 heavy (non-hydrogen) atoms. The van der Waals surface area contributed by atoms with E-state index in [0.717, 1.165) is 15.9 Å². The van der Waals surface area contributed by atoms with Crippen LogP contribution in [-0.2, 0) is 6.54 Å². The molecule has 0 saturated carbocycles. The van der Waals surface area contributed by atoms with Gasteiger partial charge in [0.15, 0.2) is 23.2 Å². The van der Waals surface area contributed by atoms with Crippen LogP contribution < -0.4 is 14.8 Å². The van der Waals surface area contributed by atoms with Gasteiger partial charge in [0.25, 0.3) is 5.91 Å². The van der Waals surface area contributed by atoms with Gasteiger partial charge in [0.05, 0.1) is 11.7 Å². The van der Waals surface area contributed by atoms with Crippen molar-refractivity contribution in [2.24, 2.45) is 0 Å². The number of benzene rings is 2. The number of rotatable bonds is 5. The Hall–Kier alpha value is -4.48. The number of hydrogen-bond acceptors (Lipinski definition) is 6. The Morgan fingerprint density at radius 3 is 2.66 bits per heavy atom.